The lowest BCUT2D eigenvalue weighted by molar-refractivity contribution is -0.142. The van der Waals surface area contributed by atoms with Crippen LogP contribution in [0.1, 0.15) is 55.9 Å². The molecule has 0 saturated carbocycles. The van der Waals surface area contributed by atoms with Gasteiger partial charge in [0.15, 0.2) is 0 Å². The highest BCUT2D eigenvalue weighted by molar-refractivity contribution is 7.08. The predicted molar refractivity (Wildman–Crippen MR) is 72.3 cm³/mol. The summed E-state index contributed by atoms with van der Waals surface area (Å²) in [5.41, 5.74) is 0.0259. The minimum Gasteiger partial charge on any atom is -0.480 e. The number of carbonyl (C=O) groups excluding carboxylic acids is 1. The number of aromatic nitrogens is 2. The number of aliphatic carboxylic acids is 1. The monoisotopic (exact) mass is 285 g/mol. The second-order valence-electron chi connectivity index (χ2n) is 5.75. The van der Waals surface area contributed by atoms with Crippen molar-refractivity contribution >= 4 is 23.4 Å². The molecule has 1 heterocycles. The summed E-state index contributed by atoms with van der Waals surface area (Å²) < 4.78 is 3.76. The molecule has 7 heteroatoms. The van der Waals surface area contributed by atoms with Gasteiger partial charge >= 0.3 is 5.97 Å². The van der Waals surface area contributed by atoms with Crippen LogP contribution in [0.15, 0.2) is 0 Å². The van der Waals surface area contributed by atoms with Gasteiger partial charge in [-0.05, 0) is 22.9 Å². The summed E-state index contributed by atoms with van der Waals surface area (Å²) in [6.45, 7) is 9.11. The van der Waals surface area contributed by atoms with Crippen molar-refractivity contribution in [3.8, 4) is 0 Å². The van der Waals surface area contributed by atoms with E-state index in [4.69, 9.17) is 0 Å². The Balaban J connectivity index is 2.95. The normalized spacial score (nSPS) is 13.4. The minimum absolute atomic E-state index is 0.0671. The highest BCUT2D eigenvalue weighted by Gasteiger charge is 2.34. The average Bonchev–Trinajstić information content (AvgIpc) is 2.72. The molecule has 19 heavy (non-hydrogen) atoms. The number of carbonyl (C=O) groups is 2. The maximum atomic E-state index is 12.1. The summed E-state index contributed by atoms with van der Waals surface area (Å²) in [5, 5.41) is 15.6. The van der Waals surface area contributed by atoms with E-state index in [1.54, 1.807) is 20.8 Å². The lowest BCUT2D eigenvalue weighted by atomic mass is 9.86. The van der Waals surface area contributed by atoms with Gasteiger partial charge in [0, 0.05) is 0 Å². The molecule has 1 amide bonds. The molecular weight excluding hydrogens is 266 g/mol. The Morgan fingerprint density at radius 1 is 1.32 bits per heavy atom. The SMILES string of the molecule is CC(C)c1nnsc1C(=O)N[C@@H](C(=O)O)C(C)(C)C. The standard InChI is InChI=1S/C12H19N3O3S/c1-6(2)7-8(19-15-14-7)10(16)13-9(11(17)18)12(3,4)5/h6,9H,1-5H3,(H,13,16)(H,17,18)/t9-/m0/s1. The fourth-order valence-corrected chi connectivity index (χ4v) is 2.30. The molecule has 1 aromatic heterocycles. The van der Waals surface area contributed by atoms with Crippen LogP contribution >= 0.6 is 11.5 Å². The fraction of sp³-hybridized carbons (Fsp3) is 0.667. The van der Waals surface area contributed by atoms with Gasteiger partial charge < -0.3 is 10.4 Å². The van der Waals surface area contributed by atoms with Crippen LogP contribution in [0.3, 0.4) is 0 Å². The Morgan fingerprint density at radius 3 is 2.32 bits per heavy atom. The Morgan fingerprint density at radius 2 is 1.89 bits per heavy atom. The van der Waals surface area contributed by atoms with E-state index in [2.05, 4.69) is 14.9 Å². The Bertz CT molecular complexity index is 477. The van der Waals surface area contributed by atoms with E-state index in [1.807, 2.05) is 13.8 Å². The van der Waals surface area contributed by atoms with E-state index in [0.717, 1.165) is 11.5 Å². The summed E-state index contributed by atoms with van der Waals surface area (Å²) in [4.78, 5) is 23.8. The third kappa shape index (κ3) is 3.73. The summed E-state index contributed by atoms with van der Waals surface area (Å²) >= 11 is 0.984. The predicted octanol–water partition coefficient (Wildman–Crippen LogP) is 1.89. The number of rotatable bonds is 4. The summed E-state index contributed by atoms with van der Waals surface area (Å²) in [5.74, 6) is -1.41. The number of hydrogen-bond acceptors (Lipinski definition) is 5. The topological polar surface area (TPSA) is 92.2 Å². The zero-order valence-electron chi connectivity index (χ0n) is 11.7. The third-order valence-electron chi connectivity index (χ3n) is 2.65. The van der Waals surface area contributed by atoms with Crippen LogP contribution in [-0.4, -0.2) is 32.6 Å². The number of nitrogens with one attached hydrogen (secondary N) is 1. The van der Waals surface area contributed by atoms with Crippen molar-refractivity contribution in [2.45, 2.75) is 46.6 Å². The van der Waals surface area contributed by atoms with Gasteiger partial charge in [0.25, 0.3) is 5.91 Å². The number of amides is 1. The Hall–Kier alpha value is -1.50. The molecule has 106 valence electrons. The first-order valence-electron chi connectivity index (χ1n) is 6.00. The number of carboxylic acid groups (broad SMARTS) is 1. The van der Waals surface area contributed by atoms with Crippen LogP contribution in [0, 0.1) is 5.41 Å². The molecule has 0 saturated heterocycles. The molecule has 2 N–H and O–H groups in total. The van der Waals surface area contributed by atoms with Gasteiger partial charge in [-0.1, -0.05) is 39.1 Å². The van der Waals surface area contributed by atoms with Crippen LogP contribution in [0.5, 0.6) is 0 Å². The molecule has 1 aromatic rings. The lowest BCUT2D eigenvalue weighted by Crippen LogP contribution is -2.49. The van der Waals surface area contributed by atoms with Crippen LogP contribution in [0.2, 0.25) is 0 Å². The molecule has 1 atom stereocenters. The van der Waals surface area contributed by atoms with Crippen LogP contribution in [0.25, 0.3) is 0 Å². The van der Waals surface area contributed by atoms with Crippen molar-refractivity contribution in [3.05, 3.63) is 10.6 Å². The second-order valence-corrected chi connectivity index (χ2v) is 6.51. The molecule has 0 spiro atoms. The molecule has 0 aliphatic rings. The van der Waals surface area contributed by atoms with Gasteiger partial charge in [0.1, 0.15) is 10.9 Å². The van der Waals surface area contributed by atoms with E-state index in [1.165, 1.54) is 0 Å². The van der Waals surface area contributed by atoms with E-state index < -0.39 is 23.3 Å². The fourth-order valence-electron chi connectivity index (χ4n) is 1.58. The van der Waals surface area contributed by atoms with Gasteiger partial charge in [-0.3, -0.25) is 4.79 Å². The number of carboxylic acids is 1. The summed E-state index contributed by atoms with van der Waals surface area (Å²) in [7, 11) is 0. The van der Waals surface area contributed by atoms with Crippen LogP contribution in [0.4, 0.5) is 0 Å². The van der Waals surface area contributed by atoms with Gasteiger partial charge in [-0.15, -0.1) is 5.10 Å². The zero-order valence-corrected chi connectivity index (χ0v) is 12.5. The molecule has 0 aliphatic carbocycles. The van der Waals surface area contributed by atoms with E-state index >= 15 is 0 Å². The summed E-state index contributed by atoms with van der Waals surface area (Å²) in [6, 6.07) is -0.956. The van der Waals surface area contributed by atoms with Crippen LogP contribution < -0.4 is 5.32 Å². The number of nitrogens with zero attached hydrogens (tertiary/aromatic N) is 2. The summed E-state index contributed by atoms with van der Waals surface area (Å²) in [6.07, 6.45) is 0. The maximum Gasteiger partial charge on any atom is 0.326 e. The smallest absolute Gasteiger partial charge is 0.326 e. The molecule has 0 unspecified atom stereocenters. The zero-order chi connectivity index (χ0) is 14.8. The third-order valence-corrected chi connectivity index (χ3v) is 3.40. The largest absolute Gasteiger partial charge is 0.480 e. The minimum atomic E-state index is -1.05. The van der Waals surface area contributed by atoms with Crippen molar-refractivity contribution in [3.63, 3.8) is 0 Å². The number of hydrogen-bond donors (Lipinski definition) is 2. The molecule has 1 rings (SSSR count). The second kappa shape index (κ2) is 5.64. The van der Waals surface area contributed by atoms with E-state index in [9.17, 15) is 14.7 Å². The van der Waals surface area contributed by atoms with Crippen molar-refractivity contribution in [1.29, 1.82) is 0 Å². The van der Waals surface area contributed by atoms with Gasteiger partial charge in [0.05, 0.1) is 5.69 Å². The molecule has 0 aromatic carbocycles. The maximum absolute atomic E-state index is 12.1. The van der Waals surface area contributed by atoms with E-state index in [0.29, 0.717) is 10.6 Å². The molecule has 6 nitrogen and oxygen atoms in total. The Kier molecular flexibility index (Phi) is 4.62. The van der Waals surface area contributed by atoms with Crippen molar-refractivity contribution in [1.82, 2.24) is 14.9 Å². The highest BCUT2D eigenvalue weighted by Crippen LogP contribution is 2.23. The van der Waals surface area contributed by atoms with Gasteiger partial charge in [-0.2, -0.15) is 0 Å². The van der Waals surface area contributed by atoms with Gasteiger partial charge in [0.2, 0.25) is 0 Å². The molecule has 0 radical (unpaired) electrons. The van der Waals surface area contributed by atoms with Crippen molar-refractivity contribution in [2.75, 3.05) is 0 Å². The highest BCUT2D eigenvalue weighted by atomic mass is 32.1. The lowest BCUT2D eigenvalue weighted by Gasteiger charge is -2.27. The van der Waals surface area contributed by atoms with Crippen molar-refractivity contribution < 1.29 is 14.7 Å². The molecule has 0 bridgehead atoms. The van der Waals surface area contributed by atoms with E-state index in [-0.39, 0.29) is 5.92 Å². The van der Waals surface area contributed by atoms with Gasteiger partial charge in [-0.25, -0.2) is 4.79 Å². The average molecular weight is 285 g/mol. The quantitative estimate of drug-likeness (QED) is 0.881. The first-order valence-corrected chi connectivity index (χ1v) is 6.77. The van der Waals surface area contributed by atoms with Crippen molar-refractivity contribution in [2.24, 2.45) is 5.41 Å². The molecule has 0 fully saturated rings. The first kappa shape index (κ1) is 15.6. The molecular formula is C12H19N3O3S. The first-order chi connectivity index (χ1) is 8.64. The van der Waals surface area contributed by atoms with Crippen LogP contribution in [-0.2, 0) is 4.79 Å². The molecule has 0 aliphatic heterocycles. The Labute approximate surface area is 116 Å².